The molecule has 3 N–H and O–H groups in total. The lowest BCUT2D eigenvalue weighted by molar-refractivity contribution is -0.383. The number of hydrogen-bond donors (Lipinski definition) is 3. The Morgan fingerprint density at radius 3 is 2.41 bits per heavy atom. The summed E-state index contributed by atoms with van der Waals surface area (Å²) in [5, 5.41) is 14.6. The van der Waals surface area contributed by atoms with Crippen molar-refractivity contribution in [2.45, 2.75) is 20.8 Å². The lowest BCUT2D eigenvalue weighted by atomic mass is 10.1. The first-order chi connectivity index (χ1) is 13.9. The summed E-state index contributed by atoms with van der Waals surface area (Å²) in [5.74, 6) is -0.538. The fourth-order valence-electron chi connectivity index (χ4n) is 2.83. The molecule has 2 aromatic carbocycles. The van der Waals surface area contributed by atoms with Crippen LogP contribution in [0, 0.1) is 30.9 Å². The first-order valence-electron chi connectivity index (χ1n) is 8.82. The van der Waals surface area contributed by atoms with E-state index in [9.17, 15) is 14.9 Å². The van der Waals surface area contributed by atoms with Crippen LogP contribution in [0.3, 0.4) is 0 Å². The molecule has 0 spiro atoms. The molecular formula is C20H20N6O3. The van der Waals surface area contributed by atoms with Crippen molar-refractivity contribution >= 4 is 28.9 Å². The first kappa shape index (κ1) is 19.7. The van der Waals surface area contributed by atoms with Gasteiger partial charge in [-0.25, -0.2) is 9.97 Å². The molecule has 0 saturated carbocycles. The number of rotatable bonds is 6. The van der Waals surface area contributed by atoms with Crippen molar-refractivity contribution in [3.63, 3.8) is 0 Å². The third-order valence-corrected chi connectivity index (χ3v) is 4.32. The summed E-state index contributed by atoms with van der Waals surface area (Å²) < 4.78 is 0. The molecule has 9 heteroatoms. The van der Waals surface area contributed by atoms with Crippen molar-refractivity contribution in [1.82, 2.24) is 15.4 Å². The van der Waals surface area contributed by atoms with Crippen LogP contribution in [0.25, 0.3) is 0 Å². The maximum absolute atomic E-state index is 12.4. The molecule has 0 aliphatic heterocycles. The molecule has 0 saturated heterocycles. The molecule has 3 aromatic rings. The summed E-state index contributed by atoms with van der Waals surface area (Å²) in [5.41, 5.74) is 8.52. The van der Waals surface area contributed by atoms with Crippen molar-refractivity contribution in [2.24, 2.45) is 0 Å². The molecule has 1 aromatic heterocycles. The van der Waals surface area contributed by atoms with Gasteiger partial charge in [-0.05, 0) is 44.0 Å². The second-order valence-electron chi connectivity index (χ2n) is 6.51. The molecule has 0 atom stereocenters. The van der Waals surface area contributed by atoms with Gasteiger partial charge in [0, 0.05) is 11.3 Å². The molecular weight excluding hydrogens is 372 g/mol. The molecule has 0 radical (unpaired) electrons. The number of nitro groups is 1. The SMILES string of the molecule is Cc1ccc(Nc2ncnc(NNC(=O)c3ccccc3C)c2[N+](=O)[O-])c(C)c1. The Morgan fingerprint density at radius 1 is 1.00 bits per heavy atom. The number of aromatic nitrogens is 2. The lowest BCUT2D eigenvalue weighted by Gasteiger charge is -2.13. The van der Waals surface area contributed by atoms with Gasteiger partial charge in [0.1, 0.15) is 6.33 Å². The largest absolute Gasteiger partial charge is 0.355 e. The highest BCUT2D eigenvalue weighted by Gasteiger charge is 2.24. The smallest absolute Gasteiger partial charge is 0.334 e. The van der Waals surface area contributed by atoms with Crippen LogP contribution in [0.2, 0.25) is 0 Å². The fourth-order valence-corrected chi connectivity index (χ4v) is 2.83. The van der Waals surface area contributed by atoms with Crippen LogP contribution in [0.1, 0.15) is 27.0 Å². The minimum absolute atomic E-state index is 0.0181. The van der Waals surface area contributed by atoms with Gasteiger partial charge in [-0.15, -0.1) is 0 Å². The van der Waals surface area contributed by atoms with Crippen LogP contribution in [0.5, 0.6) is 0 Å². The second-order valence-corrected chi connectivity index (χ2v) is 6.51. The van der Waals surface area contributed by atoms with Crippen molar-refractivity contribution in [2.75, 3.05) is 10.7 Å². The normalized spacial score (nSPS) is 10.3. The van der Waals surface area contributed by atoms with E-state index in [1.807, 2.05) is 38.1 Å². The van der Waals surface area contributed by atoms with Gasteiger partial charge in [0.05, 0.1) is 4.92 Å². The van der Waals surface area contributed by atoms with Crippen LogP contribution in [0.4, 0.5) is 23.0 Å². The summed E-state index contributed by atoms with van der Waals surface area (Å²) in [6, 6.07) is 12.7. The minimum Gasteiger partial charge on any atom is -0.334 e. The van der Waals surface area contributed by atoms with E-state index >= 15 is 0 Å². The predicted octanol–water partition coefficient (Wildman–Crippen LogP) is 3.81. The minimum atomic E-state index is -0.603. The van der Waals surface area contributed by atoms with Gasteiger partial charge in [-0.3, -0.25) is 25.8 Å². The molecule has 0 bridgehead atoms. The molecule has 148 valence electrons. The average Bonchev–Trinajstić information content (AvgIpc) is 2.68. The first-order valence-corrected chi connectivity index (χ1v) is 8.82. The number of aryl methyl sites for hydroxylation is 3. The number of hydrogen-bond acceptors (Lipinski definition) is 7. The van der Waals surface area contributed by atoms with Crippen LogP contribution >= 0.6 is 0 Å². The molecule has 0 aliphatic carbocycles. The number of hydrazine groups is 1. The second kappa shape index (κ2) is 8.34. The Balaban J connectivity index is 1.86. The van der Waals surface area contributed by atoms with Gasteiger partial charge in [-0.1, -0.05) is 35.9 Å². The van der Waals surface area contributed by atoms with E-state index < -0.39 is 10.8 Å². The number of benzene rings is 2. The standard InChI is InChI=1S/C20H20N6O3/c1-12-8-9-16(14(3)10-12)23-18-17(26(28)29)19(22-11-21-18)24-25-20(27)15-7-5-4-6-13(15)2/h4-11H,1-3H3,(H,25,27)(H2,21,22,23,24). The van der Waals surface area contributed by atoms with Gasteiger partial charge in [0.25, 0.3) is 5.91 Å². The van der Waals surface area contributed by atoms with E-state index in [1.54, 1.807) is 25.1 Å². The molecule has 3 rings (SSSR count). The zero-order chi connectivity index (χ0) is 21.0. The van der Waals surface area contributed by atoms with Crippen LogP contribution in [0.15, 0.2) is 48.8 Å². The van der Waals surface area contributed by atoms with E-state index in [0.717, 1.165) is 16.7 Å². The van der Waals surface area contributed by atoms with Crippen molar-refractivity contribution in [1.29, 1.82) is 0 Å². The van der Waals surface area contributed by atoms with Crippen molar-refractivity contribution in [3.8, 4) is 0 Å². The molecule has 1 heterocycles. The highest BCUT2D eigenvalue weighted by molar-refractivity contribution is 5.96. The molecule has 9 nitrogen and oxygen atoms in total. The quantitative estimate of drug-likeness (QED) is 0.431. The van der Waals surface area contributed by atoms with E-state index in [4.69, 9.17) is 0 Å². The highest BCUT2D eigenvalue weighted by Crippen LogP contribution is 2.31. The number of carbonyl (C=O) groups is 1. The average molecular weight is 392 g/mol. The summed E-state index contributed by atoms with van der Waals surface area (Å²) in [6.45, 7) is 5.65. The summed E-state index contributed by atoms with van der Waals surface area (Å²) in [7, 11) is 0. The summed E-state index contributed by atoms with van der Waals surface area (Å²) in [6.07, 6.45) is 1.18. The predicted molar refractivity (Wildman–Crippen MR) is 110 cm³/mol. The van der Waals surface area contributed by atoms with E-state index in [0.29, 0.717) is 11.3 Å². The number of carbonyl (C=O) groups excluding carboxylic acids is 1. The van der Waals surface area contributed by atoms with Gasteiger partial charge in [-0.2, -0.15) is 0 Å². The third-order valence-electron chi connectivity index (χ3n) is 4.32. The lowest BCUT2D eigenvalue weighted by Crippen LogP contribution is -2.30. The van der Waals surface area contributed by atoms with Gasteiger partial charge in [0.15, 0.2) is 0 Å². The Bertz CT molecular complexity index is 1080. The van der Waals surface area contributed by atoms with Crippen LogP contribution in [-0.4, -0.2) is 20.8 Å². The Morgan fingerprint density at radius 2 is 1.72 bits per heavy atom. The third kappa shape index (κ3) is 4.46. The van der Waals surface area contributed by atoms with Crippen molar-refractivity contribution < 1.29 is 9.72 Å². The van der Waals surface area contributed by atoms with Crippen LogP contribution in [-0.2, 0) is 0 Å². The monoisotopic (exact) mass is 392 g/mol. The van der Waals surface area contributed by atoms with E-state index in [1.165, 1.54) is 6.33 Å². The molecule has 0 fully saturated rings. The number of anilines is 3. The molecule has 1 amide bonds. The number of nitrogens with zero attached hydrogens (tertiary/aromatic N) is 3. The van der Waals surface area contributed by atoms with E-state index in [-0.39, 0.29) is 17.3 Å². The molecule has 29 heavy (non-hydrogen) atoms. The van der Waals surface area contributed by atoms with Gasteiger partial charge >= 0.3 is 5.69 Å². The zero-order valence-electron chi connectivity index (χ0n) is 16.2. The maximum Gasteiger partial charge on any atom is 0.355 e. The molecule has 0 aliphatic rings. The maximum atomic E-state index is 12.4. The topological polar surface area (TPSA) is 122 Å². The summed E-state index contributed by atoms with van der Waals surface area (Å²) in [4.78, 5) is 31.4. The van der Waals surface area contributed by atoms with Gasteiger partial charge < -0.3 is 5.32 Å². The fraction of sp³-hybridized carbons (Fsp3) is 0.150. The van der Waals surface area contributed by atoms with Crippen LogP contribution < -0.4 is 16.2 Å². The Labute approximate surface area is 167 Å². The zero-order valence-corrected chi connectivity index (χ0v) is 16.2. The number of nitrogens with one attached hydrogen (secondary N) is 3. The highest BCUT2D eigenvalue weighted by atomic mass is 16.6. The van der Waals surface area contributed by atoms with Crippen molar-refractivity contribution in [3.05, 3.63) is 81.2 Å². The van der Waals surface area contributed by atoms with E-state index in [2.05, 4.69) is 26.1 Å². The number of amides is 1. The summed E-state index contributed by atoms with van der Waals surface area (Å²) >= 11 is 0. The van der Waals surface area contributed by atoms with Gasteiger partial charge in [0.2, 0.25) is 11.6 Å². The Hall–Kier alpha value is -4.01. The molecule has 0 unspecified atom stereocenters. The Kier molecular flexibility index (Phi) is 5.68.